The van der Waals surface area contributed by atoms with Crippen LogP contribution in [-0.4, -0.2) is 46.0 Å². The van der Waals surface area contributed by atoms with Crippen LogP contribution >= 0.6 is 0 Å². The molecule has 0 radical (unpaired) electrons. The van der Waals surface area contributed by atoms with Crippen molar-refractivity contribution in [2.45, 2.75) is 4.90 Å². The van der Waals surface area contributed by atoms with Crippen LogP contribution < -0.4 is 5.32 Å². The number of rotatable bonds is 5. The first kappa shape index (κ1) is 18.7. The number of amides is 1. The predicted octanol–water partition coefficient (Wildman–Crippen LogP) is 1.52. The Morgan fingerprint density at radius 3 is 2.59 bits per heavy atom. The third kappa shape index (κ3) is 4.04. The molecule has 0 spiro atoms. The Morgan fingerprint density at radius 1 is 1.26 bits per heavy atom. The quantitative estimate of drug-likeness (QED) is 0.525. The van der Waals surface area contributed by atoms with Gasteiger partial charge in [-0.15, -0.1) is 4.21 Å². The van der Waals surface area contributed by atoms with Crippen molar-refractivity contribution < 1.29 is 23.1 Å². The van der Waals surface area contributed by atoms with Crippen molar-refractivity contribution in [2.75, 3.05) is 19.9 Å². The highest BCUT2D eigenvalue weighted by atomic mass is 32.3. The second-order valence-electron chi connectivity index (χ2n) is 5.84. The fourth-order valence-electron chi connectivity index (χ4n) is 2.57. The van der Waals surface area contributed by atoms with Crippen LogP contribution in [0.15, 0.2) is 53.6 Å². The molecule has 1 N–H and O–H groups in total. The molecule has 2 aromatic heterocycles. The highest BCUT2D eigenvalue weighted by Gasteiger charge is 2.16. The maximum atomic E-state index is 12.3. The minimum Gasteiger partial charge on any atom is -0.610 e. The van der Waals surface area contributed by atoms with E-state index in [0.29, 0.717) is 5.56 Å². The van der Waals surface area contributed by atoms with Gasteiger partial charge in [0.15, 0.2) is 4.90 Å². The first-order chi connectivity index (χ1) is 12.8. The summed E-state index contributed by atoms with van der Waals surface area (Å²) in [5.74, 6) is -1.09. The molecule has 0 fully saturated rings. The summed E-state index contributed by atoms with van der Waals surface area (Å²) in [6.45, 7) is -0.265. The van der Waals surface area contributed by atoms with Gasteiger partial charge in [-0.3, -0.25) is 9.59 Å². The molecule has 2 heterocycles. The SMILES string of the molecule is COC(=O)CNC(=O)c1cc(-c2ccc([S+](C)(=O)[O-])cc2)c2cccn2n1. The van der Waals surface area contributed by atoms with E-state index in [9.17, 15) is 18.4 Å². The molecule has 0 aliphatic carbocycles. The number of hydrogen-bond acceptors (Lipinski definition) is 6. The van der Waals surface area contributed by atoms with Gasteiger partial charge in [0.25, 0.3) is 5.91 Å². The molecular weight excluding hydrogens is 370 g/mol. The number of esters is 1. The fourth-order valence-corrected chi connectivity index (χ4v) is 3.20. The Labute approximate surface area is 156 Å². The molecule has 27 heavy (non-hydrogen) atoms. The van der Waals surface area contributed by atoms with E-state index in [1.165, 1.54) is 19.2 Å². The standard InChI is InChI=1S/C18H17N3O5S/c1-26-17(22)11-19-18(23)15-10-14(16-4-3-9-21(16)20-15)12-5-7-13(8-6-12)27(2,24)25/h3-10H,11H2,1-2H3,(H-,19,23,24,25). The van der Waals surface area contributed by atoms with E-state index in [0.717, 1.165) is 17.3 Å². The van der Waals surface area contributed by atoms with Crippen molar-refractivity contribution in [3.8, 4) is 11.1 Å². The van der Waals surface area contributed by atoms with Crippen LogP contribution in [0.1, 0.15) is 10.5 Å². The van der Waals surface area contributed by atoms with Gasteiger partial charge < -0.3 is 14.6 Å². The van der Waals surface area contributed by atoms with Crippen LogP contribution in [0, 0.1) is 0 Å². The van der Waals surface area contributed by atoms with Crippen molar-refractivity contribution in [2.24, 2.45) is 0 Å². The van der Waals surface area contributed by atoms with Gasteiger partial charge in [0.2, 0.25) is 0 Å². The molecule has 1 aromatic carbocycles. The van der Waals surface area contributed by atoms with E-state index in [4.69, 9.17) is 0 Å². The first-order valence-corrected chi connectivity index (χ1v) is 9.82. The third-order valence-electron chi connectivity index (χ3n) is 3.95. The number of methoxy groups -OCH3 is 1. The molecule has 8 nitrogen and oxygen atoms in total. The summed E-state index contributed by atoms with van der Waals surface area (Å²) >= 11 is 0. The van der Waals surface area contributed by atoms with Crippen LogP contribution in [0.4, 0.5) is 0 Å². The van der Waals surface area contributed by atoms with Crippen LogP contribution in [0.25, 0.3) is 16.6 Å². The molecule has 0 aliphatic rings. The minimum absolute atomic E-state index is 0.116. The summed E-state index contributed by atoms with van der Waals surface area (Å²) < 4.78 is 29.3. The summed E-state index contributed by atoms with van der Waals surface area (Å²) in [5, 5.41) is 6.68. The molecule has 1 atom stereocenters. The molecule has 1 unspecified atom stereocenters. The molecular formula is C18H17N3O5S. The van der Waals surface area contributed by atoms with E-state index in [2.05, 4.69) is 15.2 Å². The average molecular weight is 387 g/mol. The Bertz CT molecular complexity index is 1050. The molecule has 3 rings (SSSR count). The van der Waals surface area contributed by atoms with E-state index in [1.807, 2.05) is 6.07 Å². The number of carbonyl (C=O) groups excluding carboxylic acids is 2. The maximum Gasteiger partial charge on any atom is 0.325 e. The van der Waals surface area contributed by atoms with E-state index in [-0.39, 0.29) is 17.1 Å². The Balaban J connectivity index is 2.00. The molecule has 9 heteroatoms. The Hall–Kier alpha value is -3.04. The zero-order valence-corrected chi connectivity index (χ0v) is 15.5. The first-order valence-electron chi connectivity index (χ1n) is 7.93. The second kappa shape index (κ2) is 7.29. The molecule has 1 amide bonds. The van der Waals surface area contributed by atoms with E-state index < -0.39 is 22.1 Å². The summed E-state index contributed by atoms with van der Waals surface area (Å²) in [4.78, 5) is 23.7. The summed E-state index contributed by atoms with van der Waals surface area (Å²) in [7, 11) is -2.07. The van der Waals surface area contributed by atoms with Crippen molar-refractivity contribution in [3.05, 3.63) is 54.4 Å². The highest BCUT2D eigenvalue weighted by molar-refractivity contribution is 7.97. The van der Waals surface area contributed by atoms with Gasteiger partial charge in [0.05, 0.1) is 22.8 Å². The van der Waals surface area contributed by atoms with Gasteiger partial charge in [-0.25, -0.2) is 4.52 Å². The maximum absolute atomic E-state index is 12.3. The number of ether oxygens (including phenoxy) is 1. The number of nitrogens with one attached hydrogen (secondary N) is 1. The number of nitrogens with zero attached hydrogens (tertiary/aromatic N) is 2. The summed E-state index contributed by atoms with van der Waals surface area (Å²) in [6.07, 6.45) is 2.84. The normalized spacial score (nSPS) is 13.1. The van der Waals surface area contributed by atoms with Crippen molar-refractivity contribution in [1.29, 1.82) is 0 Å². The van der Waals surface area contributed by atoms with Crippen LogP contribution in [0.2, 0.25) is 0 Å². The van der Waals surface area contributed by atoms with Crippen LogP contribution in [0.5, 0.6) is 0 Å². The van der Waals surface area contributed by atoms with Gasteiger partial charge in [-0.2, -0.15) is 5.10 Å². The lowest BCUT2D eigenvalue weighted by atomic mass is 10.1. The lowest BCUT2D eigenvalue weighted by molar-refractivity contribution is -0.139. The molecule has 0 saturated carbocycles. The number of benzene rings is 1. The number of aromatic nitrogens is 2. The van der Waals surface area contributed by atoms with Crippen LogP contribution in [-0.2, 0) is 24.0 Å². The predicted molar refractivity (Wildman–Crippen MR) is 98.0 cm³/mol. The Morgan fingerprint density at radius 2 is 1.96 bits per heavy atom. The van der Waals surface area contributed by atoms with Gasteiger partial charge in [0, 0.05) is 11.8 Å². The largest absolute Gasteiger partial charge is 0.610 e. The van der Waals surface area contributed by atoms with Crippen LogP contribution in [0.3, 0.4) is 0 Å². The number of sulfone groups is 1. The zero-order chi connectivity index (χ0) is 19.6. The molecule has 0 bridgehead atoms. The molecule has 0 aliphatic heterocycles. The summed E-state index contributed by atoms with van der Waals surface area (Å²) in [6, 6.07) is 11.6. The second-order valence-corrected chi connectivity index (χ2v) is 7.85. The number of carbonyl (C=O) groups is 2. The zero-order valence-electron chi connectivity index (χ0n) is 14.7. The number of fused-ring (bicyclic) bond motifs is 1. The van der Waals surface area contributed by atoms with Gasteiger partial charge in [-0.1, -0.05) is 0 Å². The van der Waals surface area contributed by atoms with Gasteiger partial charge in [0.1, 0.15) is 18.5 Å². The molecule has 3 aromatic rings. The van der Waals surface area contributed by atoms with Crippen molar-refractivity contribution in [1.82, 2.24) is 14.9 Å². The average Bonchev–Trinajstić information content (AvgIpc) is 3.13. The molecule has 0 saturated heterocycles. The topological polar surface area (TPSA) is 113 Å². The van der Waals surface area contributed by atoms with Crippen molar-refractivity contribution in [3.63, 3.8) is 0 Å². The van der Waals surface area contributed by atoms with Crippen molar-refractivity contribution >= 4 is 27.6 Å². The van der Waals surface area contributed by atoms with Gasteiger partial charge >= 0.3 is 5.97 Å². The van der Waals surface area contributed by atoms with Gasteiger partial charge in [-0.05, 0) is 48.0 Å². The Kier molecular flexibility index (Phi) is 5.06. The lowest BCUT2D eigenvalue weighted by Crippen LogP contribution is -2.31. The monoisotopic (exact) mass is 387 g/mol. The fraction of sp³-hybridized carbons (Fsp3) is 0.167. The third-order valence-corrected chi connectivity index (χ3v) is 5.08. The highest BCUT2D eigenvalue weighted by Crippen LogP contribution is 2.27. The molecule has 140 valence electrons. The van der Waals surface area contributed by atoms with E-state index in [1.54, 1.807) is 35.0 Å². The lowest BCUT2D eigenvalue weighted by Gasteiger charge is -2.11. The summed E-state index contributed by atoms with van der Waals surface area (Å²) in [5.41, 5.74) is 2.31. The smallest absolute Gasteiger partial charge is 0.325 e. The minimum atomic E-state index is -3.30. The number of hydrogen-bond donors (Lipinski definition) is 1. The van der Waals surface area contributed by atoms with E-state index >= 15 is 0 Å².